The molecule has 0 N–H and O–H groups in total. The largest absolute Gasteiger partial charge is 0.345 e. The second kappa shape index (κ2) is 7.88. The number of para-hydroxylation sites is 1. The minimum Gasteiger partial charge on any atom is -0.345 e. The van der Waals surface area contributed by atoms with Gasteiger partial charge < -0.3 is 9.80 Å². The highest BCUT2D eigenvalue weighted by atomic mass is 32.2. The van der Waals surface area contributed by atoms with E-state index in [0.717, 1.165) is 11.0 Å². The Balaban J connectivity index is 1.54. The minimum absolute atomic E-state index is 0.0295. The van der Waals surface area contributed by atoms with Crippen LogP contribution in [0.4, 0.5) is 5.13 Å². The number of anilines is 1. The predicted molar refractivity (Wildman–Crippen MR) is 120 cm³/mol. The summed E-state index contributed by atoms with van der Waals surface area (Å²) in [6.45, 7) is 1.85. The summed E-state index contributed by atoms with van der Waals surface area (Å²) in [4.78, 5) is 21.4. The van der Waals surface area contributed by atoms with Gasteiger partial charge in [-0.3, -0.25) is 4.79 Å². The first kappa shape index (κ1) is 21.7. The van der Waals surface area contributed by atoms with Crippen LogP contribution in [-0.4, -0.2) is 71.3 Å². The number of amides is 1. The Morgan fingerprint density at radius 2 is 1.48 bits per heavy atom. The summed E-state index contributed by atoms with van der Waals surface area (Å²) >= 11 is 1.41. The van der Waals surface area contributed by atoms with Gasteiger partial charge in [-0.05, 0) is 24.3 Å². The summed E-state index contributed by atoms with van der Waals surface area (Å²) in [5, 5.41) is 0.703. The molecule has 1 aromatic heterocycles. The fourth-order valence-corrected chi connectivity index (χ4v) is 6.41. The molecule has 11 heteroatoms. The first-order valence-corrected chi connectivity index (χ1v) is 14.1. The van der Waals surface area contributed by atoms with Crippen molar-refractivity contribution in [1.82, 2.24) is 9.88 Å². The number of fused-ring (bicyclic) bond motifs is 1. The molecule has 0 saturated carbocycles. The van der Waals surface area contributed by atoms with Gasteiger partial charge in [-0.25, -0.2) is 21.8 Å². The van der Waals surface area contributed by atoms with E-state index in [2.05, 4.69) is 4.98 Å². The lowest BCUT2D eigenvalue weighted by Crippen LogP contribution is -2.49. The molecule has 164 valence electrons. The first-order chi connectivity index (χ1) is 14.6. The highest BCUT2D eigenvalue weighted by Crippen LogP contribution is 2.33. The molecule has 0 atom stereocenters. The maximum absolute atomic E-state index is 13.0. The van der Waals surface area contributed by atoms with Crippen molar-refractivity contribution < 1.29 is 21.6 Å². The molecule has 1 amide bonds. The number of rotatable bonds is 4. The second-order valence-corrected chi connectivity index (χ2v) is 12.4. The number of piperazine rings is 1. The molecule has 4 rings (SSSR count). The maximum Gasteiger partial charge on any atom is 0.255 e. The van der Waals surface area contributed by atoms with Crippen LogP contribution in [0.3, 0.4) is 0 Å². The smallest absolute Gasteiger partial charge is 0.255 e. The number of thiazole rings is 1. The molecule has 1 fully saturated rings. The molecule has 1 aliphatic heterocycles. The summed E-state index contributed by atoms with van der Waals surface area (Å²) in [6, 6.07) is 11.3. The number of sulfone groups is 2. The van der Waals surface area contributed by atoms with Gasteiger partial charge in [-0.1, -0.05) is 29.5 Å². The van der Waals surface area contributed by atoms with E-state index in [9.17, 15) is 21.6 Å². The van der Waals surface area contributed by atoms with E-state index in [1.165, 1.54) is 29.7 Å². The first-order valence-electron chi connectivity index (χ1n) is 9.48. The molecule has 0 aliphatic carbocycles. The monoisotopic (exact) mass is 479 g/mol. The Labute approximate surface area is 185 Å². The summed E-state index contributed by atoms with van der Waals surface area (Å²) < 4.78 is 48.9. The summed E-state index contributed by atoms with van der Waals surface area (Å²) in [5.74, 6) is -0.315. The number of aromatic nitrogens is 1. The molecule has 0 radical (unpaired) electrons. The molecule has 2 heterocycles. The Hall–Kier alpha value is -2.50. The molecule has 8 nitrogen and oxygen atoms in total. The topological polar surface area (TPSA) is 105 Å². The SMILES string of the molecule is CS(=O)(=O)c1ccccc1C(=O)N1CCN(c2nc3c(S(C)(=O)=O)cccc3s2)CC1. The Morgan fingerprint density at radius 3 is 2.13 bits per heavy atom. The van der Waals surface area contributed by atoms with Gasteiger partial charge in [0.2, 0.25) is 0 Å². The molecule has 3 aromatic rings. The van der Waals surface area contributed by atoms with Crippen LogP contribution in [0.2, 0.25) is 0 Å². The zero-order valence-electron chi connectivity index (χ0n) is 17.0. The lowest BCUT2D eigenvalue weighted by molar-refractivity contribution is 0.0743. The van der Waals surface area contributed by atoms with E-state index in [-0.39, 0.29) is 21.3 Å². The second-order valence-electron chi connectivity index (χ2n) is 7.42. The van der Waals surface area contributed by atoms with E-state index in [0.29, 0.717) is 36.8 Å². The lowest BCUT2D eigenvalue weighted by atomic mass is 10.2. The van der Waals surface area contributed by atoms with Gasteiger partial charge in [0.15, 0.2) is 24.8 Å². The average Bonchev–Trinajstić information content (AvgIpc) is 3.16. The van der Waals surface area contributed by atoms with Crippen molar-refractivity contribution in [3.8, 4) is 0 Å². The molecule has 31 heavy (non-hydrogen) atoms. The van der Waals surface area contributed by atoms with Crippen molar-refractivity contribution in [1.29, 1.82) is 0 Å². The Bertz CT molecular complexity index is 1370. The van der Waals surface area contributed by atoms with Gasteiger partial charge in [0.25, 0.3) is 5.91 Å². The van der Waals surface area contributed by atoms with Crippen molar-refractivity contribution in [2.45, 2.75) is 9.79 Å². The maximum atomic E-state index is 13.0. The highest BCUT2D eigenvalue weighted by Gasteiger charge is 2.27. The quantitative estimate of drug-likeness (QED) is 0.564. The average molecular weight is 480 g/mol. The number of hydrogen-bond donors (Lipinski definition) is 0. The molecule has 0 bridgehead atoms. The number of carbonyl (C=O) groups is 1. The molecular formula is C20H21N3O5S3. The van der Waals surface area contributed by atoms with Crippen LogP contribution in [0.5, 0.6) is 0 Å². The van der Waals surface area contributed by atoms with Crippen molar-refractivity contribution >= 4 is 52.3 Å². The molecule has 0 unspecified atom stereocenters. The fourth-order valence-electron chi connectivity index (χ4n) is 3.58. The minimum atomic E-state index is -3.52. The number of nitrogens with zero attached hydrogens (tertiary/aromatic N) is 3. The standard InChI is InChI=1S/C20H21N3O5S3/c1-30(25,26)16-8-4-3-6-14(16)19(24)22-10-12-23(13-11-22)20-21-18-15(29-20)7-5-9-17(18)31(2,27)28/h3-9H,10-13H2,1-2H3. The van der Waals surface area contributed by atoms with Gasteiger partial charge in [-0.15, -0.1) is 0 Å². The van der Waals surface area contributed by atoms with E-state index in [4.69, 9.17) is 0 Å². The van der Waals surface area contributed by atoms with Gasteiger partial charge in [0.1, 0.15) is 5.52 Å². The Morgan fingerprint density at radius 1 is 0.871 bits per heavy atom. The normalized spacial score (nSPS) is 15.4. The van der Waals surface area contributed by atoms with E-state index >= 15 is 0 Å². The van der Waals surface area contributed by atoms with E-state index in [1.54, 1.807) is 29.2 Å². The third-order valence-electron chi connectivity index (χ3n) is 5.12. The van der Waals surface area contributed by atoms with Gasteiger partial charge in [-0.2, -0.15) is 0 Å². The van der Waals surface area contributed by atoms with Crippen LogP contribution in [0, 0.1) is 0 Å². The molecule has 1 aliphatic rings. The van der Waals surface area contributed by atoms with Crippen molar-refractivity contribution in [3.63, 3.8) is 0 Å². The fraction of sp³-hybridized carbons (Fsp3) is 0.300. The van der Waals surface area contributed by atoms with Gasteiger partial charge in [0, 0.05) is 38.7 Å². The van der Waals surface area contributed by atoms with Crippen LogP contribution in [0.25, 0.3) is 10.2 Å². The van der Waals surface area contributed by atoms with Gasteiger partial charge >= 0.3 is 0 Å². The van der Waals surface area contributed by atoms with E-state index in [1.807, 2.05) is 11.0 Å². The number of carbonyl (C=O) groups excluding carboxylic acids is 1. The zero-order valence-corrected chi connectivity index (χ0v) is 19.4. The number of benzene rings is 2. The van der Waals surface area contributed by atoms with Crippen molar-refractivity contribution in [2.24, 2.45) is 0 Å². The van der Waals surface area contributed by atoms with Crippen LogP contribution in [0.1, 0.15) is 10.4 Å². The van der Waals surface area contributed by atoms with Crippen molar-refractivity contribution in [3.05, 3.63) is 48.0 Å². The highest BCUT2D eigenvalue weighted by molar-refractivity contribution is 7.91. The third-order valence-corrected chi connectivity index (χ3v) is 8.49. The molecule has 2 aromatic carbocycles. The number of hydrogen-bond acceptors (Lipinski definition) is 8. The van der Waals surface area contributed by atoms with Crippen LogP contribution in [-0.2, 0) is 19.7 Å². The van der Waals surface area contributed by atoms with Gasteiger partial charge in [0.05, 0.1) is 20.1 Å². The molecule has 0 spiro atoms. The summed E-state index contributed by atoms with van der Waals surface area (Å²) in [5.41, 5.74) is 0.641. The van der Waals surface area contributed by atoms with Crippen LogP contribution >= 0.6 is 11.3 Å². The van der Waals surface area contributed by atoms with E-state index < -0.39 is 19.7 Å². The summed E-state index contributed by atoms with van der Waals surface area (Å²) in [7, 11) is -6.91. The third kappa shape index (κ3) is 4.30. The zero-order chi connectivity index (χ0) is 22.4. The molecule has 1 saturated heterocycles. The molecular weight excluding hydrogens is 458 g/mol. The lowest BCUT2D eigenvalue weighted by Gasteiger charge is -2.34. The summed E-state index contributed by atoms with van der Waals surface area (Å²) in [6.07, 6.45) is 2.26. The van der Waals surface area contributed by atoms with Crippen LogP contribution < -0.4 is 4.90 Å². The predicted octanol–water partition coefficient (Wildman–Crippen LogP) is 2.07. The van der Waals surface area contributed by atoms with Crippen LogP contribution in [0.15, 0.2) is 52.3 Å². The Kier molecular flexibility index (Phi) is 5.52. The van der Waals surface area contributed by atoms with Crippen molar-refractivity contribution in [2.75, 3.05) is 43.6 Å².